The van der Waals surface area contributed by atoms with Gasteiger partial charge in [0, 0.05) is 16.7 Å². The van der Waals surface area contributed by atoms with Crippen molar-refractivity contribution < 1.29 is 4.79 Å². The first-order valence-corrected chi connectivity index (χ1v) is 7.77. The molecule has 0 unspecified atom stereocenters. The van der Waals surface area contributed by atoms with E-state index in [0.717, 1.165) is 33.4 Å². The topological polar surface area (TPSA) is 17.1 Å². The molecule has 1 heteroatoms. The average Bonchev–Trinajstić information content (AvgIpc) is 2.89. The van der Waals surface area contributed by atoms with Crippen molar-refractivity contribution in [3.63, 3.8) is 0 Å². The van der Waals surface area contributed by atoms with E-state index in [2.05, 4.69) is 19.1 Å². The van der Waals surface area contributed by atoms with Crippen LogP contribution in [-0.2, 0) is 0 Å². The summed E-state index contributed by atoms with van der Waals surface area (Å²) < 4.78 is 0. The lowest BCUT2D eigenvalue weighted by atomic mass is 9.92. The fourth-order valence-corrected chi connectivity index (χ4v) is 3.30. The second kappa shape index (κ2) is 5.36. The Balaban J connectivity index is 2.08. The molecule has 110 valence electrons. The van der Waals surface area contributed by atoms with Crippen LogP contribution >= 0.6 is 0 Å². The lowest BCUT2D eigenvalue weighted by Crippen LogP contribution is -1.98. The van der Waals surface area contributed by atoms with Gasteiger partial charge < -0.3 is 0 Å². The molecule has 0 bridgehead atoms. The number of carbonyl (C=O) groups excluding carboxylic acids is 1. The number of ketones is 1. The lowest BCUT2D eigenvalue weighted by Gasteiger charge is -2.11. The van der Waals surface area contributed by atoms with Crippen molar-refractivity contribution >= 4 is 16.9 Å². The molecule has 1 aliphatic carbocycles. The molecular formula is C22H16O. The number of benzene rings is 3. The molecule has 0 aliphatic heterocycles. The standard InChI is InChI=1S/C22H16O/c1-15-9-5-6-12-17(15)21-18-13-7-8-14-19(18)22(23)20(21)16-10-3-2-4-11-16/h2-14H,1H3. The first-order chi connectivity index (χ1) is 11.3. The Hall–Kier alpha value is -2.93. The van der Waals surface area contributed by atoms with E-state index in [-0.39, 0.29) is 5.78 Å². The predicted octanol–water partition coefficient (Wildman–Crippen LogP) is 5.15. The van der Waals surface area contributed by atoms with E-state index in [4.69, 9.17) is 0 Å². The molecule has 4 rings (SSSR count). The summed E-state index contributed by atoms with van der Waals surface area (Å²) in [5.41, 5.74) is 6.98. The number of rotatable bonds is 2. The van der Waals surface area contributed by atoms with E-state index in [1.165, 1.54) is 5.56 Å². The van der Waals surface area contributed by atoms with Gasteiger partial charge in [0.25, 0.3) is 0 Å². The van der Waals surface area contributed by atoms with Crippen LogP contribution in [0.15, 0.2) is 78.9 Å². The maximum absolute atomic E-state index is 13.0. The van der Waals surface area contributed by atoms with E-state index in [9.17, 15) is 4.79 Å². The molecule has 3 aromatic rings. The van der Waals surface area contributed by atoms with Crippen molar-refractivity contribution in [2.75, 3.05) is 0 Å². The van der Waals surface area contributed by atoms with E-state index in [0.29, 0.717) is 0 Å². The van der Waals surface area contributed by atoms with Gasteiger partial charge in [-0.3, -0.25) is 4.79 Å². The zero-order chi connectivity index (χ0) is 15.8. The Labute approximate surface area is 135 Å². The highest BCUT2D eigenvalue weighted by Gasteiger charge is 2.31. The van der Waals surface area contributed by atoms with Crippen LogP contribution in [0.1, 0.15) is 32.6 Å². The minimum atomic E-state index is 0.116. The van der Waals surface area contributed by atoms with Gasteiger partial charge in [0.1, 0.15) is 0 Å². The van der Waals surface area contributed by atoms with Crippen LogP contribution in [0.5, 0.6) is 0 Å². The van der Waals surface area contributed by atoms with Crippen LogP contribution in [0.2, 0.25) is 0 Å². The van der Waals surface area contributed by atoms with Crippen molar-refractivity contribution in [2.45, 2.75) is 6.92 Å². The maximum atomic E-state index is 13.0. The number of fused-ring (bicyclic) bond motifs is 1. The maximum Gasteiger partial charge on any atom is 0.194 e. The molecule has 0 saturated heterocycles. The molecule has 0 N–H and O–H groups in total. The molecule has 0 spiro atoms. The second-order valence-electron chi connectivity index (χ2n) is 5.81. The summed E-state index contributed by atoms with van der Waals surface area (Å²) in [6, 6.07) is 26.1. The summed E-state index contributed by atoms with van der Waals surface area (Å²) >= 11 is 0. The van der Waals surface area contributed by atoms with Crippen molar-refractivity contribution in [3.05, 3.63) is 107 Å². The third kappa shape index (κ3) is 2.13. The Morgan fingerprint density at radius 3 is 1.83 bits per heavy atom. The molecular weight excluding hydrogens is 280 g/mol. The number of Topliss-reactive ketones (excluding diaryl/α,β-unsaturated/α-hetero) is 1. The molecule has 1 nitrogen and oxygen atoms in total. The van der Waals surface area contributed by atoms with Gasteiger partial charge in [0.05, 0.1) is 0 Å². The van der Waals surface area contributed by atoms with Gasteiger partial charge in [0.2, 0.25) is 0 Å². The van der Waals surface area contributed by atoms with Gasteiger partial charge >= 0.3 is 0 Å². The highest BCUT2D eigenvalue weighted by atomic mass is 16.1. The van der Waals surface area contributed by atoms with E-state index in [1.54, 1.807) is 0 Å². The van der Waals surface area contributed by atoms with Crippen LogP contribution in [-0.4, -0.2) is 5.78 Å². The number of hydrogen-bond acceptors (Lipinski definition) is 1. The van der Waals surface area contributed by atoms with Crippen molar-refractivity contribution in [1.29, 1.82) is 0 Å². The summed E-state index contributed by atoms with van der Waals surface area (Å²) in [7, 11) is 0. The fraction of sp³-hybridized carbons (Fsp3) is 0.0455. The fourth-order valence-electron chi connectivity index (χ4n) is 3.30. The molecule has 0 heterocycles. The van der Waals surface area contributed by atoms with Crippen molar-refractivity contribution in [1.82, 2.24) is 0 Å². The third-order valence-corrected chi connectivity index (χ3v) is 4.39. The van der Waals surface area contributed by atoms with Crippen LogP contribution in [0.3, 0.4) is 0 Å². The summed E-state index contributed by atoms with van der Waals surface area (Å²) in [5, 5.41) is 0. The molecule has 0 fully saturated rings. The van der Waals surface area contributed by atoms with Crippen LogP contribution in [0.25, 0.3) is 11.1 Å². The number of carbonyl (C=O) groups is 1. The molecule has 0 atom stereocenters. The average molecular weight is 296 g/mol. The molecule has 1 aliphatic rings. The molecule has 0 amide bonds. The van der Waals surface area contributed by atoms with Gasteiger partial charge in [-0.2, -0.15) is 0 Å². The number of aryl methyl sites for hydroxylation is 1. The highest BCUT2D eigenvalue weighted by Crippen LogP contribution is 2.42. The largest absolute Gasteiger partial charge is 0.289 e. The smallest absolute Gasteiger partial charge is 0.194 e. The molecule has 0 radical (unpaired) electrons. The van der Waals surface area contributed by atoms with Crippen molar-refractivity contribution in [2.24, 2.45) is 0 Å². The van der Waals surface area contributed by atoms with E-state index >= 15 is 0 Å². The molecule has 23 heavy (non-hydrogen) atoms. The van der Waals surface area contributed by atoms with Crippen LogP contribution < -0.4 is 0 Å². The van der Waals surface area contributed by atoms with Gasteiger partial charge in [-0.15, -0.1) is 0 Å². The quantitative estimate of drug-likeness (QED) is 0.639. The van der Waals surface area contributed by atoms with Gasteiger partial charge in [-0.25, -0.2) is 0 Å². The van der Waals surface area contributed by atoms with Gasteiger partial charge in [-0.05, 0) is 29.2 Å². The zero-order valence-electron chi connectivity index (χ0n) is 12.9. The minimum Gasteiger partial charge on any atom is -0.289 e. The summed E-state index contributed by atoms with van der Waals surface area (Å²) in [6.07, 6.45) is 0. The van der Waals surface area contributed by atoms with Crippen LogP contribution in [0.4, 0.5) is 0 Å². The minimum absolute atomic E-state index is 0.116. The summed E-state index contributed by atoms with van der Waals surface area (Å²) in [6.45, 7) is 2.09. The Morgan fingerprint density at radius 2 is 1.13 bits per heavy atom. The number of allylic oxidation sites excluding steroid dienone is 1. The number of hydrogen-bond donors (Lipinski definition) is 0. The van der Waals surface area contributed by atoms with E-state index in [1.807, 2.05) is 66.7 Å². The first kappa shape index (κ1) is 13.7. The van der Waals surface area contributed by atoms with Crippen LogP contribution in [0, 0.1) is 6.92 Å². The van der Waals surface area contributed by atoms with Gasteiger partial charge in [-0.1, -0.05) is 78.9 Å². The molecule has 0 aromatic heterocycles. The second-order valence-corrected chi connectivity index (χ2v) is 5.81. The third-order valence-electron chi connectivity index (χ3n) is 4.39. The van der Waals surface area contributed by atoms with Crippen molar-refractivity contribution in [3.8, 4) is 0 Å². The monoisotopic (exact) mass is 296 g/mol. The van der Waals surface area contributed by atoms with Gasteiger partial charge in [0.15, 0.2) is 5.78 Å². The summed E-state index contributed by atoms with van der Waals surface area (Å²) in [4.78, 5) is 13.0. The Morgan fingerprint density at radius 1 is 0.565 bits per heavy atom. The summed E-state index contributed by atoms with van der Waals surface area (Å²) in [5.74, 6) is 0.116. The molecule has 0 saturated carbocycles. The highest BCUT2D eigenvalue weighted by molar-refractivity contribution is 6.41. The Kier molecular flexibility index (Phi) is 3.20. The zero-order valence-corrected chi connectivity index (χ0v) is 12.9. The lowest BCUT2D eigenvalue weighted by molar-refractivity contribution is 0.105. The predicted molar refractivity (Wildman–Crippen MR) is 94.3 cm³/mol. The Bertz CT molecular complexity index is 933. The van der Waals surface area contributed by atoms with E-state index < -0.39 is 0 Å². The SMILES string of the molecule is Cc1ccccc1C1=C(c2ccccc2)C(=O)c2ccccc21. The molecule has 3 aromatic carbocycles. The first-order valence-electron chi connectivity index (χ1n) is 7.77. The normalized spacial score (nSPS) is 13.3.